The van der Waals surface area contributed by atoms with E-state index in [1.54, 1.807) is 12.1 Å². The van der Waals surface area contributed by atoms with Gasteiger partial charge in [0.25, 0.3) is 0 Å². The molecule has 0 spiro atoms. The Labute approximate surface area is 112 Å². The van der Waals surface area contributed by atoms with E-state index in [9.17, 15) is 4.39 Å². The molecule has 0 radical (unpaired) electrons. The highest BCUT2D eigenvalue weighted by Crippen LogP contribution is 2.29. The van der Waals surface area contributed by atoms with Crippen molar-refractivity contribution in [2.45, 2.75) is 12.5 Å². The Morgan fingerprint density at radius 1 is 1.44 bits per heavy atom. The molecule has 1 saturated heterocycles. The second kappa shape index (κ2) is 6.32. The highest BCUT2D eigenvalue weighted by atomic mass is 35.5. The van der Waals surface area contributed by atoms with Crippen LogP contribution in [0.15, 0.2) is 30.9 Å². The third-order valence-corrected chi connectivity index (χ3v) is 3.53. The summed E-state index contributed by atoms with van der Waals surface area (Å²) in [5.41, 5.74) is 0.671. The second-order valence-electron chi connectivity index (χ2n) is 4.49. The molecule has 18 heavy (non-hydrogen) atoms. The maximum absolute atomic E-state index is 14.0. The number of hydrogen-bond acceptors (Lipinski definition) is 2. The summed E-state index contributed by atoms with van der Waals surface area (Å²) < 4.78 is 14.0. The monoisotopic (exact) mass is 268 g/mol. The molecule has 2 rings (SSSR count). The van der Waals surface area contributed by atoms with Gasteiger partial charge in [0, 0.05) is 42.8 Å². The SMILES string of the molecule is C=CC[C@@H](c1cc(Cl)ccc1F)N1CCNCC1. The molecule has 0 amide bonds. The zero-order chi connectivity index (χ0) is 13.0. The topological polar surface area (TPSA) is 15.3 Å². The normalized spacial score (nSPS) is 18.6. The molecule has 1 aromatic rings. The molecule has 0 unspecified atom stereocenters. The molecular formula is C14H18ClFN2. The first-order valence-electron chi connectivity index (χ1n) is 6.23. The molecule has 1 aliphatic rings. The predicted octanol–water partition coefficient (Wildman–Crippen LogP) is 3.00. The average Bonchev–Trinajstić information content (AvgIpc) is 2.40. The number of halogens is 2. The number of hydrogen-bond donors (Lipinski definition) is 1. The molecule has 0 bridgehead atoms. The van der Waals surface area contributed by atoms with Crippen LogP contribution >= 0.6 is 11.6 Å². The lowest BCUT2D eigenvalue weighted by Crippen LogP contribution is -2.45. The number of nitrogens with zero attached hydrogens (tertiary/aromatic N) is 1. The Morgan fingerprint density at radius 3 is 2.83 bits per heavy atom. The largest absolute Gasteiger partial charge is 0.314 e. The van der Waals surface area contributed by atoms with E-state index in [-0.39, 0.29) is 11.9 Å². The molecule has 0 saturated carbocycles. The number of benzene rings is 1. The lowest BCUT2D eigenvalue weighted by Gasteiger charge is -2.35. The van der Waals surface area contributed by atoms with Crippen molar-refractivity contribution < 1.29 is 4.39 Å². The zero-order valence-corrected chi connectivity index (χ0v) is 11.1. The van der Waals surface area contributed by atoms with Crippen LogP contribution in [0, 0.1) is 5.82 Å². The molecule has 1 atom stereocenters. The van der Waals surface area contributed by atoms with Gasteiger partial charge in [-0.05, 0) is 24.6 Å². The lowest BCUT2D eigenvalue weighted by molar-refractivity contribution is 0.171. The number of piperazine rings is 1. The van der Waals surface area contributed by atoms with Crippen LogP contribution in [0.25, 0.3) is 0 Å². The summed E-state index contributed by atoms with van der Waals surface area (Å²) in [4.78, 5) is 2.28. The molecule has 1 aromatic carbocycles. The van der Waals surface area contributed by atoms with Gasteiger partial charge in [-0.3, -0.25) is 4.90 Å². The summed E-state index contributed by atoms with van der Waals surface area (Å²) in [7, 11) is 0. The smallest absolute Gasteiger partial charge is 0.128 e. The van der Waals surface area contributed by atoms with Crippen molar-refractivity contribution in [1.82, 2.24) is 10.2 Å². The summed E-state index contributed by atoms with van der Waals surface area (Å²) in [6, 6.07) is 4.79. The van der Waals surface area contributed by atoms with E-state index in [2.05, 4.69) is 16.8 Å². The first-order valence-corrected chi connectivity index (χ1v) is 6.61. The fourth-order valence-electron chi connectivity index (χ4n) is 2.39. The fourth-order valence-corrected chi connectivity index (χ4v) is 2.57. The van der Waals surface area contributed by atoms with Crippen molar-refractivity contribution in [2.24, 2.45) is 0 Å². The second-order valence-corrected chi connectivity index (χ2v) is 4.93. The predicted molar refractivity (Wildman–Crippen MR) is 73.4 cm³/mol. The molecule has 0 aliphatic carbocycles. The molecule has 98 valence electrons. The molecule has 1 N–H and O–H groups in total. The summed E-state index contributed by atoms with van der Waals surface area (Å²) in [5, 5.41) is 3.88. The third kappa shape index (κ3) is 3.10. The van der Waals surface area contributed by atoms with E-state index < -0.39 is 0 Å². The van der Waals surface area contributed by atoms with E-state index in [0.29, 0.717) is 10.6 Å². The van der Waals surface area contributed by atoms with Gasteiger partial charge in [0.1, 0.15) is 5.82 Å². The molecule has 1 heterocycles. The maximum Gasteiger partial charge on any atom is 0.128 e. The Morgan fingerprint density at radius 2 is 2.17 bits per heavy atom. The van der Waals surface area contributed by atoms with Crippen LogP contribution < -0.4 is 5.32 Å². The van der Waals surface area contributed by atoms with Crippen LogP contribution in [-0.4, -0.2) is 31.1 Å². The van der Waals surface area contributed by atoms with Crippen molar-refractivity contribution in [3.63, 3.8) is 0 Å². The minimum Gasteiger partial charge on any atom is -0.314 e. The average molecular weight is 269 g/mol. The number of rotatable bonds is 4. The minimum atomic E-state index is -0.190. The van der Waals surface area contributed by atoms with Gasteiger partial charge in [-0.15, -0.1) is 6.58 Å². The van der Waals surface area contributed by atoms with Gasteiger partial charge in [-0.2, -0.15) is 0 Å². The van der Waals surface area contributed by atoms with Crippen molar-refractivity contribution >= 4 is 11.6 Å². The minimum absolute atomic E-state index is 0.0308. The van der Waals surface area contributed by atoms with E-state index in [1.165, 1.54) is 6.07 Å². The van der Waals surface area contributed by atoms with E-state index in [1.807, 2.05) is 6.08 Å². The zero-order valence-electron chi connectivity index (χ0n) is 10.3. The van der Waals surface area contributed by atoms with Crippen LogP contribution in [0.5, 0.6) is 0 Å². The van der Waals surface area contributed by atoms with Crippen molar-refractivity contribution in [1.29, 1.82) is 0 Å². The van der Waals surface area contributed by atoms with Gasteiger partial charge in [0.05, 0.1) is 0 Å². The quantitative estimate of drug-likeness (QED) is 0.845. The molecular weight excluding hydrogens is 251 g/mol. The van der Waals surface area contributed by atoms with Gasteiger partial charge in [0.15, 0.2) is 0 Å². The van der Waals surface area contributed by atoms with Gasteiger partial charge < -0.3 is 5.32 Å². The Hall–Kier alpha value is -0.900. The van der Waals surface area contributed by atoms with Crippen LogP contribution in [0.1, 0.15) is 18.0 Å². The maximum atomic E-state index is 14.0. The van der Waals surface area contributed by atoms with Crippen LogP contribution in [-0.2, 0) is 0 Å². The highest BCUT2D eigenvalue weighted by Gasteiger charge is 2.23. The fraction of sp³-hybridized carbons (Fsp3) is 0.429. The van der Waals surface area contributed by atoms with Gasteiger partial charge >= 0.3 is 0 Å². The van der Waals surface area contributed by atoms with E-state index in [0.717, 1.165) is 32.6 Å². The van der Waals surface area contributed by atoms with Crippen LogP contribution in [0.4, 0.5) is 4.39 Å². The van der Waals surface area contributed by atoms with Crippen molar-refractivity contribution in [2.75, 3.05) is 26.2 Å². The van der Waals surface area contributed by atoms with Crippen LogP contribution in [0.2, 0.25) is 5.02 Å². The summed E-state index contributed by atoms with van der Waals surface area (Å²) in [6.07, 6.45) is 2.57. The Kier molecular flexibility index (Phi) is 4.75. The molecule has 1 aliphatic heterocycles. The van der Waals surface area contributed by atoms with Crippen LogP contribution in [0.3, 0.4) is 0 Å². The van der Waals surface area contributed by atoms with Gasteiger partial charge in [0.2, 0.25) is 0 Å². The summed E-state index contributed by atoms with van der Waals surface area (Å²) in [5.74, 6) is -0.190. The van der Waals surface area contributed by atoms with Crippen molar-refractivity contribution in [3.05, 3.63) is 47.3 Å². The summed E-state index contributed by atoms with van der Waals surface area (Å²) in [6.45, 7) is 7.50. The third-order valence-electron chi connectivity index (χ3n) is 3.30. The molecule has 4 heteroatoms. The van der Waals surface area contributed by atoms with Gasteiger partial charge in [-0.25, -0.2) is 4.39 Å². The summed E-state index contributed by atoms with van der Waals surface area (Å²) >= 11 is 5.98. The lowest BCUT2D eigenvalue weighted by atomic mass is 10.0. The first kappa shape index (κ1) is 13.5. The molecule has 1 fully saturated rings. The Bertz CT molecular complexity index is 416. The van der Waals surface area contributed by atoms with Crippen molar-refractivity contribution in [3.8, 4) is 0 Å². The highest BCUT2D eigenvalue weighted by molar-refractivity contribution is 6.30. The Balaban J connectivity index is 2.27. The standard InChI is InChI=1S/C14H18ClFN2/c1-2-3-14(18-8-6-17-7-9-18)12-10-11(15)4-5-13(12)16/h2,4-5,10,14,17H,1,3,6-9H2/t14-/m0/s1. The molecule has 0 aromatic heterocycles. The first-order chi connectivity index (χ1) is 8.72. The van der Waals surface area contributed by atoms with E-state index in [4.69, 9.17) is 11.6 Å². The van der Waals surface area contributed by atoms with Gasteiger partial charge in [-0.1, -0.05) is 17.7 Å². The number of nitrogens with one attached hydrogen (secondary N) is 1. The van der Waals surface area contributed by atoms with E-state index >= 15 is 0 Å². The molecule has 2 nitrogen and oxygen atoms in total.